The molecule has 0 spiro atoms. The van der Waals surface area contributed by atoms with E-state index in [0.29, 0.717) is 34.0 Å². The molecule has 0 aliphatic heterocycles. The summed E-state index contributed by atoms with van der Waals surface area (Å²) in [7, 11) is 0. The number of rotatable bonds is 3. The van der Waals surface area contributed by atoms with Gasteiger partial charge in [0.25, 0.3) is 5.91 Å². The van der Waals surface area contributed by atoms with Crippen LogP contribution in [0.25, 0.3) is 22.2 Å². The molecule has 1 aliphatic rings. The Morgan fingerprint density at radius 1 is 1.17 bits per heavy atom. The van der Waals surface area contributed by atoms with E-state index in [-0.39, 0.29) is 6.61 Å². The minimum atomic E-state index is -0.616. The van der Waals surface area contributed by atoms with Crippen molar-refractivity contribution in [2.24, 2.45) is 11.8 Å². The van der Waals surface area contributed by atoms with Gasteiger partial charge in [-0.05, 0) is 54.9 Å². The van der Waals surface area contributed by atoms with Crippen LogP contribution in [0.3, 0.4) is 0 Å². The molecule has 0 atom stereocenters. The fourth-order valence-electron chi connectivity index (χ4n) is 3.43. The Hall–Kier alpha value is -3.71. The highest BCUT2D eigenvalue weighted by molar-refractivity contribution is 6.06. The maximum Gasteiger partial charge on any atom is 0.275 e. The molecule has 2 aromatic heterocycles. The first-order valence-electron chi connectivity index (χ1n) is 9.60. The third kappa shape index (κ3) is 4.16. The van der Waals surface area contributed by atoms with E-state index in [2.05, 4.69) is 33.6 Å². The number of hydrogen-bond acceptors (Lipinski definition) is 5. The Bertz CT molecular complexity index is 1210. The molecule has 0 radical (unpaired) electrons. The number of nitrogens with zero attached hydrogens (tertiary/aromatic N) is 2. The first-order chi connectivity index (χ1) is 14.7. The molecule has 1 fully saturated rings. The summed E-state index contributed by atoms with van der Waals surface area (Å²) < 4.78 is 0. The number of carbonyl (C=O) groups is 1. The number of benzene rings is 1. The normalized spacial score (nSPS) is 17.1. The van der Waals surface area contributed by atoms with Gasteiger partial charge in [-0.2, -0.15) is 0 Å². The van der Waals surface area contributed by atoms with Crippen LogP contribution in [0.5, 0.6) is 0 Å². The van der Waals surface area contributed by atoms with Gasteiger partial charge >= 0.3 is 0 Å². The van der Waals surface area contributed by atoms with Gasteiger partial charge in [0.05, 0.1) is 16.8 Å². The summed E-state index contributed by atoms with van der Waals surface area (Å²) in [5.74, 6) is 12.0. The molecule has 0 bridgehead atoms. The summed E-state index contributed by atoms with van der Waals surface area (Å²) >= 11 is 0. The molecule has 1 aliphatic carbocycles. The summed E-state index contributed by atoms with van der Waals surface area (Å²) in [6, 6.07) is 10.9. The highest BCUT2D eigenvalue weighted by Crippen LogP contribution is 2.32. The van der Waals surface area contributed by atoms with E-state index in [1.165, 1.54) is 0 Å². The number of hydrogen-bond donors (Lipinski definition) is 3. The fraction of sp³-hybridized carbons (Fsp3) is 0.208. The smallest absolute Gasteiger partial charge is 0.275 e. The van der Waals surface area contributed by atoms with Crippen LogP contribution >= 0.6 is 0 Å². The zero-order valence-corrected chi connectivity index (χ0v) is 16.1. The van der Waals surface area contributed by atoms with Crippen molar-refractivity contribution in [1.29, 1.82) is 0 Å². The molecular formula is C24H19N3O3. The molecule has 3 N–H and O–H groups in total. The third-order valence-electron chi connectivity index (χ3n) is 5.18. The predicted molar refractivity (Wildman–Crippen MR) is 112 cm³/mol. The minimum Gasteiger partial charge on any atom is -0.396 e. The second kappa shape index (κ2) is 8.75. The molecule has 1 amide bonds. The molecule has 1 aromatic carbocycles. The topological polar surface area (TPSA) is 95.3 Å². The van der Waals surface area contributed by atoms with Crippen molar-refractivity contribution in [3.05, 3.63) is 59.9 Å². The van der Waals surface area contributed by atoms with Crippen LogP contribution in [0.4, 0.5) is 0 Å². The zero-order chi connectivity index (χ0) is 20.9. The summed E-state index contributed by atoms with van der Waals surface area (Å²) in [4.78, 5) is 20.7. The maximum absolute atomic E-state index is 12.1. The van der Waals surface area contributed by atoms with Crippen molar-refractivity contribution in [2.75, 3.05) is 6.61 Å². The predicted octanol–water partition coefficient (Wildman–Crippen LogP) is 2.79. The summed E-state index contributed by atoms with van der Waals surface area (Å²) in [5, 5.41) is 18.6. The Morgan fingerprint density at radius 2 is 1.97 bits per heavy atom. The van der Waals surface area contributed by atoms with Gasteiger partial charge < -0.3 is 5.11 Å². The SMILES string of the molecule is O=C(NO)c1cc(-c2ccc(C#CC#CC3CC(CO)C3)cc2)nc2ccncc12. The van der Waals surface area contributed by atoms with Crippen LogP contribution in [0.2, 0.25) is 0 Å². The van der Waals surface area contributed by atoms with Gasteiger partial charge in [-0.25, -0.2) is 10.5 Å². The van der Waals surface area contributed by atoms with Crippen LogP contribution < -0.4 is 5.48 Å². The quantitative estimate of drug-likeness (QED) is 0.359. The van der Waals surface area contributed by atoms with Gasteiger partial charge in [0.1, 0.15) is 0 Å². The minimum absolute atomic E-state index is 0.241. The Balaban J connectivity index is 1.55. The molecule has 6 nitrogen and oxygen atoms in total. The molecule has 6 heteroatoms. The average molecular weight is 397 g/mol. The monoisotopic (exact) mass is 397 g/mol. The standard InChI is InChI=1S/C24H19N3O3/c28-15-18-11-17(12-18)4-2-1-3-16-5-7-19(8-6-16)23-13-20(24(29)27-30)21-14-25-10-9-22(21)26-23/h5-10,13-14,17-18,28,30H,11-12,15H2,(H,27,29). The first kappa shape index (κ1) is 19.6. The van der Waals surface area contributed by atoms with Crippen molar-refractivity contribution < 1.29 is 15.1 Å². The summed E-state index contributed by atoms with van der Waals surface area (Å²) in [6.07, 6.45) is 5.05. The van der Waals surface area contributed by atoms with Crippen molar-refractivity contribution in [1.82, 2.24) is 15.4 Å². The number of aliphatic hydroxyl groups is 1. The largest absolute Gasteiger partial charge is 0.396 e. The summed E-state index contributed by atoms with van der Waals surface area (Å²) in [6.45, 7) is 0.241. The molecule has 2 heterocycles. The van der Waals surface area contributed by atoms with Crippen molar-refractivity contribution >= 4 is 16.8 Å². The number of aromatic nitrogens is 2. The van der Waals surface area contributed by atoms with Crippen LogP contribution in [0.1, 0.15) is 28.8 Å². The van der Waals surface area contributed by atoms with Gasteiger partial charge in [0.15, 0.2) is 0 Å². The number of carbonyl (C=O) groups excluding carboxylic acids is 1. The van der Waals surface area contributed by atoms with Crippen molar-refractivity contribution in [3.8, 4) is 34.9 Å². The van der Waals surface area contributed by atoms with Gasteiger partial charge in [0.2, 0.25) is 0 Å². The van der Waals surface area contributed by atoms with Crippen LogP contribution in [-0.2, 0) is 0 Å². The van der Waals surface area contributed by atoms with E-state index in [1.54, 1.807) is 30.0 Å². The van der Waals surface area contributed by atoms with Crippen LogP contribution in [0, 0.1) is 35.5 Å². The number of pyridine rings is 2. The molecule has 3 aromatic rings. The number of hydroxylamine groups is 1. The first-order valence-corrected chi connectivity index (χ1v) is 9.60. The molecular weight excluding hydrogens is 378 g/mol. The van der Waals surface area contributed by atoms with E-state index < -0.39 is 5.91 Å². The highest BCUT2D eigenvalue weighted by Gasteiger charge is 2.26. The number of fused-ring (bicyclic) bond motifs is 1. The molecule has 0 unspecified atom stereocenters. The lowest BCUT2D eigenvalue weighted by atomic mass is 9.76. The van der Waals surface area contributed by atoms with Crippen LogP contribution in [-0.4, -0.2) is 32.8 Å². The number of nitrogens with one attached hydrogen (secondary N) is 1. The van der Waals surface area contributed by atoms with Gasteiger partial charge in [-0.15, -0.1) is 0 Å². The third-order valence-corrected chi connectivity index (χ3v) is 5.18. The van der Waals surface area contributed by atoms with Gasteiger partial charge in [-0.3, -0.25) is 15.0 Å². The van der Waals surface area contributed by atoms with Gasteiger partial charge in [0, 0.05) is 41.4 Å². The van der Waals surface area contributed by atoms with E-state index in [0.717, 1.165) is 24.0 Å². The zero-order valence-electron chi connectivity index (χ0n) is 16.1. The van der Waals surface area contributed by atoms with Gasteiger partial charge in [-0.1, -0.05) is 24.0 Å². The maximum atomic E-state index is 12.1. The fourth-order valence-corrected chi connectivity index (χ4v) is 3.43. The van der Waals surface area contributed by atoms with Crippen LogP contribution in [0.15, 0.2) is 48.8 Å². The highest BCUT2D eigenvalue weighted by atomic mass is 16.5. The van der Waals surface area contributed by atoms with Crippen molar-refractivity contribution in [3.63, 3.8) is 0 Å². The lowest BCUT2D eigenvalue weighted by Gasteiger charge is -2.29. The molecule has 148 valence electrons. The molecule has 30 heavy (non-hydrogen) atoms. The average Bonchev–Trinajstić information content (AvgIpc) is 2.76. The second-order valence-corrected chi connectivity index (χ2v) is 7.20. The number of aliphatic hydroxyl groups excluding tert-OH is 1. The van der Waals surface area contributed by atoms with E-state index in [4.69, 9.17) is 10.3 Å². The molecule has 4 rings (SSSR count). The Labute approximate surface area is 174 Å². The van der Waals surface area contributed by atoms with E-state index in [9.17, 15) is 4.79 Å². The molecule has 0 saturated heterocycles. The van der Waals surface area contributed by atoms with Crippen molar-refractivity contribution in [2.45, 2.75) is 12.8 Å². The summed E-state index contributed by atoms with van der Waals surface area (Å²) in [5.41, 5.74) is 4.83. The second-order valence-electron chi connectivity index (χ2n) is 7.20. The lowest BCUT2D eigenvalue weighted by molar-refractivity contribution is 0.0708. The number of amides is 1. The Morgan fingerprint density at radius 3 is 2.70 bits per heavy atom. The lowest BCUT2D eigenvalue weighted by Crippen LogP contribution is -2.25. The molecule has 1 saturated carbocycles. The Kier molecular flexibility index (Phi) is 5.72. The van der Waals surface area contributed by atoms with E-state index in [1.807, 2.05) is 24.3 Å². The van der Waals surface area contributed by atoms with E-state index >= 15 is 0 Å².